The van der Waals surface area contributed by atoms with E-state index in [1.165, 1.54) is 0 Å². The van der Waals surface area contributed by atoms with Crippen LogP contribution in [0.1, 0.15) is 24.6 Å². The largest absolute Gasteiger partial charge is 0.490 e. The molecule has 0 atom stereocenters. The molecule has 0 radical (unpaired) electrons. The lowest BCUT2D eigenvalue weighted by atomic mass is 10.1. The first-order valence-corrected chi connectivity index (χ1v) is 7.39. The van der Waals surface area contributed by atoms with Gasteiger partial charge in [0, 0.05) is 6.20 Å². The number of aliphatic carboxylic acids is 1. The van der Waals surface area contributed by atoms with Crippen LogP contribution in [0.3, 0.4) is 0 Å². The minimum absolute atomic E-state index is 0.0487. The van der Waals surface area contributed by atoms with Crippen LogP contribution in [0.2, 0.25) is 0 Å². The Morgan fingerprint density at radius 2 is 2.04 bits per heavy atom. The molecule has 2 aromatic rings. The summed E-state index contributed by atoms with van der Waals surface area (Å²) < 4.78 is 11.0. The lowest BCUT2D eigenvalue weighted by Gasteiger charge is -2.12. The Balaban J connectivity index is 2.11. The Labute approximate surface area is 135 Å². The molecule has 2 rings (SSSR count). The quantitative estimate of drug-likeness (QED) is 0.807. The summed E-state index contributed by atoms with van der Waals surface area (Å²) in [7, 11) is 0. The van der Waals surface area contributed by atoms with Crippen molar-refractivity contribution in [2.75, 3.05) is 13.2 Å². The molecule has 0 amide bonds. The van der Waals surface area contributed by atoms with Gasteiger partial charge in [-0.2, -0.15) is 0 Å². The fourth-order valence-corrected chi connectivity index (χ4v) is 1.92. The number of carbonyl (C=O) groups is 1. The van der Waals surface area contributed by atoms with Crippen molar-refractivity contribution in [2.24, 2.45) is 0 Å². The summed E-state index contributed by atoms with van der Waals surface area (Å²) in [4.78, 5) is 14.8. The lowest BCUT2D eigenvalue weighted by molar-refractivity contribution is -0.137. The third kappa shape index (κ3) is 5.47. The Morgan fingerprint density at radius 3 is 2.74 bits per heavy atom. The number of hydrogen-bond acceptors (Lipinski definition) is 4. The zero-order chi connectivity index (χ0) is 16.5. The first-order chi connectivity index (χ1) is 11.2. The van der Waals surface area contributed by atoms with Crippen molar-refractivity contribution in [1.29, 1.82) is 0 Å². The molecule has 23 heavy (non-hydrogen) atoms. The van der Waals surface area contributed by atoms with Crippen LogP contribution < -0.4 is 9.47 Å². The van der Waals surface area contributed by atoms with Crippen molar-refractivity contribution in [1.82, 2.24) is 4.98 Å². The predicted molar refractivity (Wildman–Crippen MR) is 88.5 cm³/mol. The molecular weight excluding hydrogens is 294 g/mol. The summed E-state index contributed by atoms with van der Waals surface area (Å²) in [5.74, 6) is 0.252. The lowest BCUT2D eigenvalue weighted by Crippen LogP contribution is -2.06. The van der Waals surface area contributed by atoms with Crippen LogP contribution in [0.15, 0.2) is 42.6 Å². The molecule has 1 N–H and O–H groups in total. The van der Waals surface area contributed by atoms with E-state index >= 15 is 0 Å². The summed E-state index contributed by atoms with van der Waals surface area (Å²) >= 11 is 0. The van der Waals surface area contributed by atoms with Crippen molar-refractivity contribution >= 4 is 18.1 Å². The fourth-order valence-electron chi connectivity index (χ4n) is 1.92. The maximum absolute atomic E-state index is 10.5. The van der Waals surface area contributed by atoms with Crippen molar-refractivity contribution in [2.45, 2.75) is 13.3 Å². The van der Waals surface area contributed by atoms with Crippen LogP contribution in [0.25, 0.3) is 12.2 Å². The van der Waals surface area contributed by atoms with Crippen LogP contribution in [0.4, 0.5) is 0 Å². The van der Waals surface area contributed by atoms with Gasteiger partial charge in [0.05, 0.1) is 25.3 Å². The molecule has 0 saturated carbocycles. The van der Waals surface area contributed by atoms with Gasteiger partial charge in [-0.15, -0.1) is 0 Å². The van der Waals surface area contributed by atoms with E-state index in [1.807, 2.05) is 49.4 Å². The van der Waals surface area contributed by atoms with E-state index in [1.54, 1.807) is 12.3 Å². The van der Waals surface area contributed by atoms with Crippen molar-refractivity contribution in [3.05, 3.63) is 53.9 Å². The van der Waals surface area contributed by atoms with Crippen LogP contribution >= 0.6 is 0 Å². The molecule has 1 aromatic heterocycles. The standard InChI is InChI=1S/C18H19NO4/c1-2-22-17-13-14(6-8-15-5-3-4-11-19-15)7-9-16(17)23-12-10-18(20)21/h3-9,11,13H,2,10,12H2,1H3,(H,20,21)/b8-6+. The molecule has 0 aliphatic rings. The van der Waals surface area contributed by atoms with Gasteiger partial charge in [0.1, 0.15) is 0 Å². The third-order valence-corrected chi connectivity index (χ3v) is 2.98. The smallest absolute Gasteiger partial charge is 0.306 e. The van der Waals surface area contributed by atoms with Gasteiger partial charge in [-0.05, 0) is 42.8 Å². The fraction of sp³-hybridized carbons (Fsp3) is 0.222. The molecule has 0 bridgehead atoms. The molecule has 1 aromatic carbocycles. The van der Waals surface area contributed by atoms with E-state index in [2.05, 4.69) is 4.98 Å². The highest BCUT2D eigenvalue weighted by Gasteiger charge is 2.07. The van der Waals surface area contributed by atoms with Crippen LogP contribution in [-0.2, 0) is 4.79 Å². The summed E-state index contributed by atoms with van der Waals surface area (Å²) in [5, 5.41) is 8.66. The van der Waals surface area contributed by atoms with Gasteiger partial charge in [0.25, 0.3) is 0 Å². The zero-order valence-electron chi connectivity index (χ0n) is 12.9. The number of carboxylic acid groups (broad SMARTS) is 1. The molecule has 0 spiro atoms. The molecule has 0 aliphatic carbocycles. The van der Waals surface area contributed by atoms with Gasteiger partial charge in [0.15, 0.2) is 11.5 Å². The van der Waals surface area contributed by atoms with Gasteiger partial charge in [-0.25, -0.2) is 0 Å². The zero-order valence-corrected chi connectivity index (χ0v) is 12.9. The topological polar surface area (TPSA) is 68.7 Å². The second kappa shape index (κ2) is 8.58. The number of pyridine rings is 1. The van der Waals surface area contributed by atoms with E-state index in [0.717, 1.165) is 11.3 Å². The molecule has 0 saturated heterocycles. The number of rotatable bonds is 8. The summed E-state index contributed by atoms with van der Waals surface area (Å²) in [5.41, 5.74) is 1.82. The van der Waals surface area contributed by atoms with E-state index < -0.39 is 5.97 Å². The summed E-state index contributed by atoms with van der Waals surface area (Å²) in [6.07, 6.45) is 5.54. The number of nitrogens with zero attached hydrogens (tertiary/aromatic N) is 1. The monoisotopic (exact) mass is 313 g/mol. The minimum Gasteiger partial charge on any atom is -0.490 e. The highest BCUT2D eigenvalue weighted by Crippen LogP contribution is 2.29. The Hall–Kier alpha value is -2.82. The van der Waals surface area contributed by atoms with Crippen LogP contribution in [-0.4, -0.2) is 29.3 Å². The van der Waals surface area contributed by atoms with Gasteiger partial charge in [0.2, 0.25) is 0 Å². The average molecular weight is 313 g/mol. The van der Waals surface area contributed by atoms with E-state index in [0.29, 0.717) is 18.1 Å². The molecular formula is C18H19NO4. The van der Waals surface area contributed by atoms with E-state index in [-0.39, 0.29) is 13.0 Å². The Kier molecular flexibility index (Phi) is 6.17. The van der Waals surface area contributed by atoms with Crippen molar-refractivity contribution < 1.29 is 19.4 Å². The number of hydrogen-bond donors (Lipinski definition) is 1. The summed E-state index contributed by atoms with van der Waals surface area (Å²) in [6.45, 7) is 2.50. The molecule has 0 fully saturated rings. The number of benzene rings is 1. The molecule has 0 aliphatic heterocycles. The van der Waals surface area contributed by atoms with Crippen molar-refractivity contribution in [3.8, 4) is 11.5 Å². The average Bonchev–Trinajstić information content (AvgIpc) is 2.55. The first-order valence-electron chi connectivity index (χ1n) is 7.39. The second-order valence-electron chi connectivity index (χ2n) is 4.72. The Bertz CT molecular complexity index is 668. The summed E-state index contributed by atoms with van der Waals surface area (Å²) in [6, 6.07) is 11.2. The van der Waals surface area contributed by atoms with Gasteiger partial charge in [-0.1, -0.05) is 18.2 Å². The van der Waals surface area contributed by atoms with Crippen LogP contribution in [0.5, 0.6) is 11.5 Å². The maximum atomic E-state index is 10.5. The first kappa shape index (κ1) is 16.5. The molecule has 5 heteroatoms. The molecule has 5 nitrogen and oxygen atoms in total. The molecule has 1 heterocycles. The van der Waals surface area contributed by atoms with Crippen molar-refractivity contribution in [3.63, 3.8) is 0 Å². The number of carboxylic acids is 1. The highest BCUT2D eigenvalue weighted by atomic mass is 16.5. The normalized spacial score (nSPS) is 10.7. The second-order valence-corrected chi connectivity index (χ2v) is 4.72. The predicted octanol–water partition coefficient (Wildman–Crippen LogP) is 3.50. The third-order valence-electron chi connectivity index (χ3n) is 2.98. The van der Waals surface area contributed by atoms with Gasteiger partial charge in [-0.3, -0.25) is 9.78 Å². The minimum atomic E-state index is -0.891. The van der Waals surface area contributed by atoms with Gasteiger partial charge >= 0.3 is 5.97 Å². The maximum Gasteiger partial charge on any atom is 0.306 e. The molecule has 120 valence electrons. The number of aromatic nitrogens is 1. The molecule has 0 unspecified atom stereocenters. The SMILES string of the molecule is CCOc1cc(/C=C/c2ccccn2)ccc1OCCC(=O)O. The Morgan fingerprint density at radius 1 is 1.17 bits per heavy atom. The van der Waals surface area contributed by atoms with E-state index in [9.17, 15) is 4.79 Å². The van der Waals surface area contributed by atoms with E-state index in [4.69, 9.17) is 14.6 Å². The van der Waals surface area contributed by atoms with Gasteiger partial charge < -0.3 is 14.6 Å². The van der Waals surface area contributed by atoms with Crippen LogP contribution in [0, 0.1) is 0 Å². The highest BCUT2D eigenvalue weighted by molar-refractivity contribution is 5.69. The number of ether oxygens (including phenoxy) is 2.